The Morgan fingerprint density at radius 1 is 0.914 bits per heavy atom. The van der Waals surface area contributed by atoms with Crippen molar-refractivity contribution in [3.63, 3.8) is 0 Å². The molecule has 0 fully saturated rings. The third-order valence-corrected chi connectivity index (χ3v) is 7.46. The van der Waals surface area contributed by atoms with Crippen LogP contribution in [0.4, 0.5) is 0 Å². The summed E-state index contributed by atoms with van der Waals surface area (Å²) in [4.78, 5) is 12.7. The van der Waals surface area contributed by atoms with Crippen LogP contribution in [0.25, 0.3) is 0 Å². The van der Waals surface area contributed by atoms with E-state index in [1.165, 1.54) is 35.1 Å². The number of hydrogen-bond acceptors (Lipinski definition) is 4. The first-order valence-corrected chi connectivity index (χ1v) is 12.3. The van der Waals surface area contributed by atoms with Gasteiger partial charge in [0.25, 0.3) is 5.91 Å². The van der Waals surface area contributed by atoms with Gasteiger partial charge in [0.05, 0.1) is 14.2 Å². The average molecular weight is 476 g/mol. The number of ether oxygens (including phenoxy) is 2. The molecule has 0 radical (unpaired) electrons. The van der Waals surface area contributed by atoms with Crippen molar-refractivity contribution in [3.8, 4) is 11.5 Å². The molecule has 0 saturated carbocycles. The van der Waals surface area contributed by atoms with Crippen LogP contribution in [0.3, 0.4) is 0 Å². The number of nitrogens with one attached hydrogen (secondary N) is 1. The Labute approximate surface area is 208 Å². The molecule has 0 saturated heterocycles. The molecule has 0 atom stereocenters. The van der Waals surface area contributed by atoms with Gasteiger partial charge in [0.15, 0.2) is 17.3 Å². The lowest BCUT2D eigenvalue weighted by molar-refractivity contribution is 0.0921. The number of aryl methyl sites for hydroxylation is 1. The fourth-order valence-electron chi connectivity index (χ4n) is 5.00. The number of methoxy groups -OCH3 is 2. The fraction of sp³-hybridized carbons (Fsp3) is 0.433. The molecule has 5 heteroatoms. The minimum Gasteiger partial charge on any atom is -0.493 e. The van der Waals surface area contributed by atoms with E-state index < -0.39 is 0 Å². The molecule has 1 amide bonds. The summed E-state index contributed by atoms with van der Waals surface area (Å²) in [7, 11) is 3.19. The number of furan rings is 1. The molecular weight excluding hydrogens is 438 g/mol. The summed E-state index contributed by atoms with van der Waals surface area (Å²) in [6.07, 6.45) is 3.05. The summed E-state index contributed by atoms with van der Waals surface area (Å²) in [5.74, 6) is 2.15. The highest BCUT2D eigenvalue weighted by atomic mass is 16.5. The number of carbonyl (C=O) groups is 1. The first-order chi connectivity index (χ1) is 16.5. The van der Waals surface area contributed by atoms with Crippen molar-refractivity contribution >= 4 is 5.91 Å². The Morgan fingerprint density at radius 3 is 2.23 bits per heavy atom. The summed E-state index contributed by atoms with van der Waals surface area (Å²) in [5.41, 5.74) is 6.69. The highest BCUT2D eigenvalue weighted by Crippen LogP contribution is 2.46. The van der Waals surface area contributed by atoms with Crippen LogP contribution in [0.2, 0.25) is 0 Å². The van der Waals surface area contributed by atoms with Crippen molar-refractivity contribution in [3.05, 3.63) is 81.8 Å². The zero-order valence-electron chi connectivity index (χ0n) is 22.0. The van der Waals surface area contributed by atoms with Gasteiger partial charge in [0.2, 0.25) is 0 Å². The molecule has 3 aromatic rings. The SMILES string of the molecule is COc1ccc(CNC(=O)c2ccc(Cc3cc4c(cc3C)C(C)(C)CCC4(C)C)o2)cc1OC. The second-order valence-corrected chi connectivity index (χ2v) is 10.9. The molecule has 0 unspecified atom stereocenters. The molecule has 0 spiro atoms. The predicted octanol–water partition coefficient (Wildman–Crippen LogP) is 6.48. The monoisotopic (exact) mass is 475 g/mol. The summed E-state index contributed by atoms with van der Waals surface area (Å²) in [6.45, 7) is 11.9. The molecule has 0 bridgehead atoms. The van der Waals surface area contributed by atoms with Crippen LogP contribution >= 0.6 is 0 Å². The smallest absolute Gasteiger partial charge is 0.287 e. The van der Waals surface area contributed by atoms with Gasteiger partial charge < -0.3 is 19.2 Å². The zero-order chi connectivity index (χ0) is 25.4. The fourth-order valence-corrected chi connectivity index (χ4v) is 5.00. The lowest BCUT2D eigenvalue weighted by Crippen LogP contribution is -2.34. The van der Waals surface area contributed by atoms with Crippen molar-refractivity contribution < 1.29 is 18.7 Å². The minimum atomic E-state index is -0.240. The van der Waals surface area contributed by atoms with Gasteiger partial charge >= 0.3 is 0 Å². The summed E-state index contributed by atoms with van der Waals surface area (Å²) < 4.78 is 16.6. The van der Waals surface area contributed by atoms with Crippen LogP contribution in [0, 0.1) is 6.92 Å². The maximum atomic E-state index is 12.7. The molecular formula is C30H37NO4. The topological polar surface area (TPSA) is 60.7 Å². The number of rotatable bonds is 7. The Balaban J connectivity index is 1.47. The van der Waals surface area contributed by atoms with Gasteiger partial charge in [-0.15, -0.1) is 0 Å². The van der Waals surface area contributed by atoms with Crippen molar-refractivity contribution in [1.29, 1.82) is 0 Å². The highest BCUT2D eigenvalue weighted by molar-refractivity contribution is 5.91. The molecule has 2 aromatic carbocycles. The van der Waals surface area contributed by atoms with E-state index in [0.717, 1.165) is 11.3 Å². The van der Waals surface area contributed by atoms with Crippen LogP contribution in [0.15, 0.2) is 46.9 Å². The number of carbonyl (C=O) groups excluding carboxylic acids is 1. The van der Waals surface area contributed by atoms with Gasteiger partial charge in [-0.25, -0.2) is 0 Å². The highest BCUT2D eigenvalue weighted by Gasteiger charge is 2.37. The lowest BCUT2D eigenvalue weighted by Gasteiger charge is -2.42. The third-order valence-electron chi connectivity index (χ3n) is 7.46. The van der Waals surface area contributed by atoms with Crippen LogP contribution in [0.1, 0.15) is 84.7 Å². The minimum absolute atomic E-state index is 0.158. The number of benzene rings is 2. The number of hydrogen-bond donors (Lipinski definition) is 1. The van der Waals surface area contributed by atoms with Gasteiger partial charge in [-0.1, -0.05) is 45.9 Å². The standard InChI is InChI=1S/C30H37NO4/c1-19-14-23-24(30(4,5)13-12-29(23,2)3)17-21(19)16-22-9-11-26(35-22)28(32)31-18-20-8-10-25(33-6)27(15-20)34-7/h8-11,14-15,17H,12-13,16,18H2,1-7H3,(H,31,32). The first kappa shape index (κ1) is 24.9. The average Bonchev–Trinajstić information content (AvgIpc) is 3.30. The number of amides is 1. The largest absolute Gasteiger partial charge is 0.493 e. The molecule has 0 aliphatic heterocycles. The molecule has 5 nitrogen and oxygen atoms in total. The quantitative estimate of drug-likeness (QED) is 0.425. The van der Waals surface area contributed by atoms with Crippen LogP contribution < -0.4 is 14.8 Å². The first-order valence-electron chi connectivity index (χ1n) is 12.3. The van der Waals surface area contributed by atoms with Crippen molar-refractivity contribution in [2.75, 3.05) is 14.2 Å². The van der Waals surface area contributed by atoms with Crippen LogP contribution in [-0.2, 0) is 23.8 Å². The Hall–Kier alpha value is -3.21. The van der Waals surface area contributed by atoms with Crippen LogP contribution in [0.5, 0.6) is 11.5 Å². The van der Waals surface area contributed by atoms with E-state index in [4.69, 9.17) is 13.9 Å². The second kappa shape index (κ2) is 9.44. The van der Waals surface area contributed by atoms with Crippen molar-refractivity contribution in [1.82, 2.24) is 5.32 Å². The van der Waals surface area contributed by atoms with E-state index in [9.17, 15) is 4.79 Å². The van der Waals surface area contributed by atoms with Gasteiger partial charge in [-0.05, 0) is 82.7 Å². The maximum Gasteiger partial charge on any atom is 0.287 e. The Bertz CT molecular complexity index is 1240. The summed E-state index contributed by atoms with van der Waals surface area (Å²) >= 11 is 0. The normalized spacial score (nSPS) is 15.9. The second-order valence-electron chi connectivity index (χ2n) is 10.9. The van der Waals surface area contributed by atoms with Crippen molar-refractivity contribution in [2.24, 2.45) is 0 Å². The number of fused-ring (bicyclic) bond motifs is 1. The molecule has 1 N–H and O–H groups in total. The predicted molar refractivity (Wildman–Crippen MR) is 139 cm³/mol. The van der Waals surface area contributed by atoms with E-state index >= 15 is 0 Å². The molecule has 35 heavy (non-hydrogen) atoms. The van der Waals surface area contributed by atoms with Crippen LogP contribution in [-0.4, -0.2) is 20.1 Å². The molecule has 1 aliphatic rings. The molecule has 1 aliphatic carbocycles. The van der Waals surface area contributed by atoms with Crippen molar-refractivity contribution in [2.45, 2.75) is 71.3 Å². The summed E-state index contributed by atoms with van der Waals surface area (Å²) in [5, 5.41) is 2.92. The third kappa shape index (κ3) is 5.09. The molecule has 186 valence electrons. The molecule has 4 rings (SSSR count). The van der Waals surface area contributed by atoms with E-state index in [0.29, 0.717) is 30.2 Å². The van der Waals surface area contributed by atoms with Gasteiger partial charge in [-0.3, -0.25) is 4.79 Å². The van der Waals surface area contributed by atoms with E-state index in [2.05, 4.69) is 52.1 Å². The summed E-state index contributed by atoms with van der Waals surface area (Å²) in [6, 6.07) is 14.0. The van der Waals surface area contributed by atoms with E-state index in [1.807, 2.05) is 24.3 Å². The van der Waals surface area contributed by atoms with E-state index in [1.54, 1.807) is 20.3 Å². The molecule has 1 heterocycles. The Morgan fingerprint density at radius 2 is 1.57 bits per heavy atom. The van der Waals surface area contributed by atoms with E-state index in [-0.39, 0.29) is 16.7 Å². The van der Waals surface area contributed by atoms with Gasteiger partial charge in [0, 0.05) is 13.0 Å². The van der Waals surface area contributed by atoms with Gasteiger partial charge in [-0.2, -0.15) is 0 Å². The van der Waals surface area contributed by atoms with Gasteiger partial charge in [0.1, 0.15) is 5.76 Å². The lowest BCUT2D eigenvalue weighted by atomic mass is 9.62. The Kier molecular flexibility index (Phi) is 6.72. The zero-order valence-corrected chi connectivity index (χ0v) is 22.0. The molecule has 1 aromatic heterocycles. The maximum absolute atomic E-state index is 12.7.